The highest BCUT2D eigenvalue weighted by atomic mass is 16.1. The van der Waals surface area contributed by atoms with Crippen LogP contribution in [0.15, 0.2) is 0 Å². The van der Waals surface area contributed by atoms with Crippen molar-refractivity contribution in [2.45, 2.75) is 51.0 Å². The first-order chi connectivity index (χ1) is 9.74. The monoisotopic (exact) mass is 275 g/mol. The van der Waals surface area contributed by atoms with Crippen molar-refractivity contribution in [3.63, 3.8) is 0 Å². The fourth-order valence-electron chi connectivity index (χ4n) is 4.49. The van der Waals surface area contributed by atoms with E-state index < -0.39 is 0 Å². The van der Waals surface area contributed by atoms with Gasteiger partial charge >= 0.3 is 0 Å². The van der Waals surface area contributed by atoms with E-state index >= 15 is 0 Å². The molecule has 3 unspecified atom stereocenters. The van der Waals surface area contributed by atoms with Crippen LogP contribution >= 0.6 is 0 Å². The molecular formula is C16H25N3O. The molecule has 0 aromatic rings. The zero-order valence-electron chi connectivity index (χ0n) is 12.2. The van der Waals surface area contributed by atoms with Crippen molar-refractivity contribution in [2.24, 2.45) is 17.8 Å². The number of nitrogens with one attached hydrogen (secondary N) is 1. The standard InChI is InChI=1S/C16H25N3O/c17-5-8-19-6-3-15(4-7-19)18-16(20)11-14-10-12-1-2-13(14)9-12/h12-15H,1-4,6-11H2,(H,18,20). The van der Waals surface area contributed by atoms with Gasteiger partial charge in [-0.05, 0) is 49.9 Å². The molecule has 0 aromatic carbocycles. The molecule has 110 valence electrons. The van der Waals surface area contributed by atoms with Crippen LogP contribution < -0.4 is 5.32 Å². The molecule has 1 N–H and O–H groups in total. The molecule has 3 atom stereocenters. The number of nitriles is 1. The Morgan fingerprint density at radius 1 is 1.20 bits per heavy atom. The van der Waals surface area contributed by atoms with E-state index in [0.29, 0.717) is 18.5 Å². The second-order valence-corrected chi connectivity index (χ2v) is 6.92. The Morgan fingerprint density at radius 3 is 2.60 bits per heavy atom. The first-order valence-corrected chi connectivity index (χ1v) is 8.13. The lowest BCUT2D eigenvalue weighted by Gasteiger charge is -2.31. The predicted molar refractivity (Wildman–Crippen MR) is 76.8 cm³/mol. The van der Waals surface area contributed by atoms with Crippen LogP contribution in [0.2, 0.25) is 0 Å². The third-order valence-electron chi connectivity index (χ3n) is 5.58. The van der Waals surface area contributed by atoms with Crippen molar-refractivity contribution in [1.82, 2.24) is 10.2 Å². The van der Waals surface area contributed by atoms with Gasteiger partial charge in [0.05, 0.1) is 12.6 Å². The van der Waals surface area contributed by atoms with Gasteiger partial charge in [0.1, 0.15) is 0 Å². The number of piperidine rings is 1. The number of hydrogen-bond acceptors (Lipinski definition) is 3. The number of rotatable bonds is 4. The van der Waals surface area contributed by atoms with Crippen LogP contribution in [0.4, 0.5) is 0 Å². The Labute approximate surface area is 121 Å². The molecule has 0 radical (unpaired) electrons. The van der Waals surface area contributed by atoms with Crippen LogP contribution in [0.1, 0.15) is 44.9 Å². The summed E-state index contributed by atoms with van der Waals surface area (Å²) in [6, 6.07) is 2.52. The number of fused-ring (bicyclic) bond motifs is 2. The number of carbonyl (C=O) groups excluding carboxylic acids is 1. The van der Waals surface area contributed by atoms with Crippen LogP contribution in [0.5, 0.6) is 0 Å². The van der Waals surface area contributed by atoms with E-state index in [1.54, 1.807) is 0 Å². The van der Waals surface area contributed by atoms with Crippen LogP contribution in [0.25, 0.3) is 0 Å². The Bertz CT molecular complexity index is 395. The molecule has 2 saturated carbocycles. The van der Waals surface area contributed by atoms with E-state index in [1.165, 1.54) is 25.7 Å². The molecule has 2 aliphatic carbocycles. The van der Waals surface area contributed by atoms with Gasteiger partial charge in [0, 0.05) is 25.6 Å². The van der Waals surface area contributed by atoms with Crippen molar-refractivity contribution in [2.75, 3.05) is 19.6 Å². The molecule has 1 aliphatic heterocycles. The fraction of sp³-hybridized carbons (Fsp3) is 0.875. The van der Waals surface area contributed by atoms with Gasteiger partial charge in [-0.3, -0.25) is 9.69 Å². The molecule has 1 saturated heterocycles. The lowest BCUT2D eigenvalue weighted by atomic mass is 9.86. The van der Waals surface area contributed by atoms with Crippen molar-refractivity contribution >= 4 is 5.91 Å². The largest absolute Gasteiger partial charge is 0.353 e. The lowest BCUT2D eigenvalue weighted by Crippen LogP contribution is -2.45. The minimum absolute atomic E-state index is 0.265. The van der Waals surface area contributed by atoms with Gasteiger partial charge in [-0.25, -0.2) is 0 Å². The third-order valence-corrected chi connectivity index (χ3v) is 5.58. The van der Waals surface area contributed by atoms with Crippen LogP contribution in [-0.2, 0) is 4.79 Å². The summed E-state index contributed by atoms with van der Waals surface area (Å²) in [5.41, 5.74) is 0. The average molecular weight is 275 g/mol. The van der Waals surface area contributed by atoms with Gasteiger partial charge < -0.3 is 5.32 Å². The van der Waals surface area contributed by atoms with Crippen molar-refractivity contribution in [3.05, 3.63) is 0 Å². The van der Waals surface area contributed by atoms with E-state index in [-0.39, 0.29) is 5.91 Å². The topological polar surface area (TPSA) is 56.1 Å². The maximum atomic E-state index is 12.2. The maximum Gasteiger partial charge on any atom is 0.220 e. The molecule has 20 heavy (non-hydrogen) atoms. The van der Waals surface area contributed by atoms with E-state index in [1.807, 2.05) is 0 Å². The number of likely N-dealkylation sites (tertiary alicyclic amines) is 1. The number of amides is 1. The molecule has 0 aromatic heterocycles. The Balaban J connectivity index is 1.38. The quantitative estimate of drug-likeness (QED) is 0.797. The van der Waals surface area contributed by atoms with Crippen LogP contribution in [-0.4, -0.2) is 36.5 Å². The SMILES string of the molecule is N#CCN1CCC(NC(=O)CC2CC3CCC2C3)CC1. The molecular weight excluding hydrogens is 250 g/mol. The van der Waals surface area contributed by atoms with Gasteiger partial charge in [-0.1, -0.05) is 6.42 Å². The van der Waals surface area contributed by atoms with Crippen LogP contribution in [0.3, 0.4) is 0 Å². The molecule has 2 bridgehead atoms. The average Bonchev–Trinajstić information content (AvgIpc) is 3.03. The van der Waals surface area contributed by atoms with Crippen molar-refractivity contribution < 1.29 is 4.79 Å². The molecule has 1 amide bonds. The second kappa shape index (κ2) is 6.13. The van der Waals surface area contributed by atoms with Crippen molar-refractivity contribution in [3.8, 4) is 6.07 Å². The zero-order valence-corrected chi connectivity index (χ0v) is 12.2. The highest BCUT2D eigenvalue weighted by Crippen LogP contribution is 2.49. The van der Waals surface area contributed by atoms with Gasteiger partial charge in [0.15, 0.2) is 0 Å². The molecule has 1 heterocycles. The van der Waals surface area contributed by atoms with Crippen LogP contribution in [0, 0.1) is 29.1 Å². The normalized spacial score (nSPS) is 34.0. The smallest absolute Gasteiger partial charge is 0.220 e. The molecule has 3 fully saturated rings. The Hall–Kier alpha value is -1.08. The molecule has 0 spiro atoms. The van der Waals surface area contributed by atoms with Crippen molar-refractivity contribution in [1.29, 1.82) is 5.26 Å². The number of hydrogen-bond donors (Lipinski definition) is 1. The highest BCUT2D eigenvalue weighted by molar-refractivity contribution is 5.76. The molecule has 4 nitrogen and oxygen atoms in total. The summed E-state index contributed by atoms with van der Waals surface area (Å²) in [5, 5.41) is 11.9. The summed E-state index contributed by atoms with van der Waals surface area (Å²) in [6.07, 6.45) is 8.16. The summed E-state index contributed by atoms with van der Waals surface area (Å²) in [6.45, 7) is 2.39. The predicted octanol–water partition coefficient (Wildman–Crippen LogP) is 1.92. The summed E-state index contributed by atoms with van der Waals surface area (Å²) in [5.74, 6) is 2.68. The first kappa shape index (κ1) is 13.9. The summed E-state index contributed by atoms with van der Waals surface area (Å²) < 4.78 is 0. The summed E-state index contributed by atoms with van der Waals surface area (Å²) in [4.78, 5) is 14.3. The highest BCUT2D eigenvalue weighted by Gasteiger charge is 2.40. The van der Waals surface area contributed by atoms with Gasteiger partial charge in [-0.15, -0.1) is 0 Å². The number of nitrogens with zero attached hydrogens (tertiary/aromatic N) is 2. The first-order valence-electron chi connectivity index (χ1n) is 8.13. The van der Waals surface area contributed by atoms with Gasteiger partial charge in [-0.2, -0.15) is 5.26 Å². The minimum Gasteiger partial charge on any atom is -0.353 e. The van der Waals surface area contributed by atoms with E-state index in [4.69, 9.17) is 5.26 Å². The zero-order chi connectivity index (χ0) is 13.9. The molecule has 3 aliphatic rings. The van der Waals surface area contributed by atoms with Gasteiger partial charge in [0.2, 0.25) is 5.91 Å². The fourth-order valence-corrected chi connectivity index (χ4v) is 4.49. The maximum absolute atomic E-state index is 12.2. The summed E-state index contributed by atoms with van der Waals surface area (Å²) in [7, 11) is 0. The Kier molecular flexibility index (Phi) is 4.26. The minimum atomic E-state index is 0.265. The van der Waals surface area contributed by atoms with E-state index in [9.17, 15) is 4.79 Å². The third kappa shape index (κ3) is 3.15. The van der Waals surface area contributed by atoms with E-state index in [2.05, 4.69) is 16.3 Å². The molecule has 3 rings (SSSR count). The molecule has 4 heteroatoms. The number of carbonyl (C=O) groups is 1. The van der Waals surface area contributed by atoms with E-state index in [0.717, 1.165) is 44.2 Å². The lowest BCUT2D eigenvalue weighted by molar-refractivity contribution is -0.123. The van der Waals surface area contributed by atoms with Gasteiger partial charge in [0.25, 0.3) is 0 Å². The second-order valence-electron chi connectivity index (χ2n) is 6.92. The Morgan fingerprint density at radius 2 is 2.00 bits per heavy atom. The summed E-state index contributed by atoms with van der Waals surface area (Å²) >= 11 is 0.